The van der Waals surface area contributed by atoms with Gasteiger partial charge in [0, 0.05) is 12.6 Å². The van der Waals surface area contributed by atoms with E-state index in [1.807, 2.05) is 0 Å². The Balaban J connectivity index is 0.000000351. The first kappa shape index (κ1) is 19.4. The molecule has 1 aliphatic rings. The second kappa shape index (κ2) is 8.29. The lowest BCUT2D eigenvalue weighted by atomic mass is 10.00. The van der Waals surface area contributed by atoms with Crippen molar-refractivity contribution < 1.29 is 32.7 Å². The fraction of sp³-hybridized carbons (Fsp3) is 0.357. The number of carboxylic acid groups (broad SMARTS) is 1. The highest BCUT2D eigenvalue weighted by molar-refractivity contribution is 5.73. The van der Waals surface area contributed by atoms with E-state index < -0.39 is 17.1 Å². The molecule has 1 heterocycles. The minimum Gasteiger partial charge on any atom is -0.490 e. The molecule has 10 heteroatoms. The van der Waals surface area contributed by atoms with E-state index in [1.54, 1.807) is 12.1 Å². The van der Waals surface area contributed by atoms with E-state index in [1.165, 1.54) is 18.7 Å². The molecule has 7 nitrogen and oxygen atoms in total. The second-order valence-corrected chi connectivity index (χ2v) is 4.63. The topological polar surface area (TPSA) is 102 Å². The summed E-state index contributed by atoms with van der Waals surface area (Å²) in [6.07, 6.45) is -2.05. The Morgan fingerprint density at radius 3 is 2.46 bits per heavy atom. The Bertz CT molecular complexity index is 644. The molecule has 1 aromatic carbocycles. The maximum atomic E-state index is 10.8. The number of hydrogen-bond donors (Lipinski definition) is 2. The van der Waals surface area contributed by atoms with Gasteiger partial charge in [-0.25, -0.2) is 4.79 Å². The monoisotopic (exact) mass is 348 g/mol. The van der Waals surface area contributed by atoms with Crippen LogP contribution in [0.3, 0.4) is 0 Å². The molecule has 0 aliphatic carbocycles. The van der Waals surface area contributed by atoms with Gasteiger partial charge in [-0.1, -0.05) is 6.08 Å². The van der Waals surface area contributed by atoms with Gasteiger partial charge in [0.2, 0.25) is 0 Å². The first-order valence-corrected chi connectivity index (χ1v) is 6.69. The lowest BCUT2D eigenvalue weighted by Gasteiger charge is -2.14. The number of ether oxygens (including phenoxy) is 1. The molecule has 0 saturated heterocycles. The van der Waals surface area contributed by atoms with Crippen molar-refractivity contribution in [2.45, 2.75) is 12.6 Å². The van der Waals surface area contributed by atoms with Gasteiger partial charge in [0.25, 0.3) is 0 Å². The van der Waals surface area contributed by atoms with E-state index in [-0.39, 0.29) is 5.69 Å². The SMILES string of the molecule is COc1cc(C2=CCNCC2)ccc1[N+](=O)[O-].O=C(O)C(F)(F)F. The molecule has 0 fully saturated rings. The van der Waals surface area contributed by atoms with Crippen LogP contribution in [0.5, 0.6) is 5.75 Å². The van der Waals surface area contributed by atoms with E-state index in [9.17, 15) is 23.3 Å². The van der Waals surface area contributed by atoms with Crippen molar-refractivity contribution in [3.63, 3.8) is 0 Å². The predicted octanol–water partition coefficient (Wildman–Crippen LogP) is 2.61. The van der Waals surface area contributed by atoms with Crippen LogP contribution in [0.15, 0.2) is 24.3 Å². The number of benzene rings is 1. The summed E-state index contributed by atoms with van der Waals surface area (Å²) in [6.45, 7) is 1.78. The maximum Gasteiger partial charge on any atom is 0.490 e. The van der Waals surface area contributed by atoms with Crippen LogP contribution in [0.1, 0.15) is 12.0 Å². The summed E-state index contributed by atoms with van der Waals surface area (Å²) >= 11 is 0. The maximum absolute atomic E-state index is 10.8. The average molecular weight is 348 g/mol. The number of methoxy groups -OCH3 is 1. The molecule has 132 valence electrons. The van der Waals surface area contributed by atoms with Crippen molar-refractivity contribution in [2.75, 3.05) is 20.2 Å². The van der Waals surface area contributed by atoms with Crippen molar-refractivity contribution in [3.8, 4) is 5.75 Å². The number of nitro benzene ring substituents is 1. The van der Waals surface area contributed by atoms with Crippen LogP contribution in [-0.4, -0.2) is 42.4 Å². The van der Waals surface area contributed by atoms with Gasteiger partial charge in [-0.3, -0.25) is 10.1 Å². The highest BCUT2D eigenvalue weighted by Gasteiger charge is 2.38. The molecular formula is C14H15F3N2O5. The van der Waals surface area contributed by atoms with Crippen molar-refractivity contribution in [1.82, 2.24) is 5.32 Å². The highest BCUT2D eigenvalue weighted by atomic mass is 19.4. The third-order valence-electron chi connectivity index (χ3n) is 3.05. The Labute approximate surface area is 134 Å². The van der Waals surface area contributed by atoms with Crippen LogP contribution in [0.25, 0.3) is 5.57 Å². The fourth-order valence-electron chi connectivity index (χ4n) is 1.91. The van der Waals surface area contributed by atoms with Gasteiger partial charge in [0.05, 0.1) is 12.0 Å². The number of nitro groups is 1. The van der Waals surface area contributed by atoms with Gasteiger partial charge in [0.15, 0.2) is 5.75 Å². The number of aliphatic carboxylic acids is 1. The second-order valence-electron chi connectivity index (χ2n) is 4.63. The molecule has 2 rings (SSSR count). The quantitative estimate of drug-likeness (QED) is 0.643. The van der Waals surface area contributed by atoms with Crippen LogP contribution in [0, 0.1) is 10.1 Å². The molecule has 0 aromatic heterocycles. The van der Waals surface area contributed by atoms with Crippen LogP contribution < -0.4 is 10.1 Å². The third-order valence-corrected chi connectivity index (χ3v) is 3.05. The standard InChI is InChI=1S/C12H14N2O3.C2HF3O2/c1-17-12-8-10(2-3-11(12)14(15)16)9-4-6-13-7-5-9;3-2(4,5)1(6)7/h2-4,8,13H,5-7H2,1H3;(H,6,7). The Hall–Kier alpha value is -2.62. The average Bonchev–Trinajstić information content (AvgIpc) is 2.54. The fourth-order valence-corrected chi connectivity index (χ4v) is 1.91. The minimum absolute atomic E-state index is 0.00536. The lowest BCUT2D eigenvalue weighted by Crippen LogP contribution is -2.21. The van der Waals surface area contributed by atoms with Crippen molar-refractivity contribution in [2.24, 2.45) is 0 Å². The zero-order chi connectivity index (χ0) is 18.3. The molecule has 24 heavy (non-hydrogen) atoms. The summed E-state index contributed by atoms with van der Waals surface area (Å²) in [6, 6.07) is 5.00. The third kappa shape index (κ3) is 5.54. The predicted molar refractivity (Wildman–Crippen MR) is 78.8 cm³/mol. The van der Waals surface area contributed by atoms with Crippen LogP contribution in [0.4, 0.5) is 18.9 Å². The number of carbonyl (C=O) groups is 1. The van der Waals surface area contributed by atoms with Gasteiger partial charge in [-0.05, 0) is 36.2 Å². The number of rotatable bonds is 3. The molecule has 0 saturated carbocycles. The normalized spacial score (nSPS) is 14.1. The van der Waals surface area contributed by atoms with Crippen molar-refractivity contribution in [1.29, 1.82) is 0 Å². The van der Waals surface area contributed by atoms with Gasteiger partial charge in [-0.15, -0.1) is 0 Å². The molecule has 2 N–H and O–H groups in total. The number of nitrogens with one attached hydrogen (secondary N) is 1. The number of hydrogen-bond acceptors (Lipinski definition) is 5. The molecular weight excluding hydrogens is 333 g/mol. The zero-order valence-electron chi connectivity index (χ0n) is 12.6. The molecule has 0 unspecified atom stereocenters. The molecule has 0 amide bonds. The zero-order valence-corrected chi connectivity index (χ0v) is 12.6. The first-order chi connectivity index (χ1) is 11.2. The molecule has 1 aromatic rings. The van der Waals surface area contributed by atoms with Crippen LogP contribution >= 0.6 is 0 Å². The number of nitrogens with zero attached hydrogens (tertiary/aromatic N) is 1. The molecule has 0 radical (unpaired) electrons. The van der Waals surface area contributed by atoms with Crippen LogP contribution in [-0.2, 0) is 4.79 Å². The van der Waals surface area contributed by atoms with E-state index in [2.05, 4.69) is 11.4 Å². The van der Waals surface area contributed by atoms with E-state index in [0.717, 1.165) is 25.1 Å². The number of halogens is 3. The summed E-state index contributed by atoms with van der Waals surface area (Å²) in [5.41, 5.74) is 2.21. The Morgan fingerprint density at radius 1 is 1.42 bits per heavy atom. The molecule has 0 bridgehead atoms. The van der Waals surface area contributed by atoms with E-state index in [0.29, 0.717) is 5.75 Å². The first-order valence-electron chi connectivity index (χ1n) is 6.69. The summed E-state index contributed by atoms with van der Waals surface area (Å²) in [5.74, 6) is -2.44. The van der Waals surface area contributed by atoms with E-state index in [4.69, 9.17) is 14.6 Å². The number of alkyl halides is 3. The van der Waals surface area contributed by atoms with Crippen molar-refractivity contribution >= 4 is 17.2 Å². The van der Waals surface area contributed by atoms with Gasteiger partial charge >= 0.3 is 17.8 Å². The van der Waals surface area contributed by atoms with Crippen LogP contribution in [0.2, 0.25) is 0 Å². The summed E-state index contributed by atoms with van der Waals surface area (Å²) in [4.78, 5) is 19.2. The summed E-state index contributed by atoms with van der Waals surface area (Å²) in [5, 5.41) is 21.1. The smallest absolute Gasteiger partial charge is 0.490 e. The highest BCUT2D eigenvalue weighted by Crippen LogP contribution is 2.31. The molecule has 0 spiro atoms. The van der Waals surface area contributed by atoms with Gasteiger partial charge < -0.3 is 15.2 Å². The Kier molecular flexibility index (Phi) is 6.71. The van der Waals surface area contributed by atoms with E-state index >= 15 is 0 Å². The minimum atomic E-state index is -5.08. The summed E-state index contributed by atoms with van der Waals surface area (Å²) in [7, 11) is 1.45. The Morgan fingerprint density at radius 2 is 2.04 bits per heavy atom. The van der Waals surface area contributed by atoms with Gasteiger partial charge in [0.1, 0.15) is 0 Å². The molecule has 0 atom stereocenters. The molecule has 1 aliphatic heterocycles. The summed E-state index contributed by atoms with van der Waals surface area (Å²) < 4.78 is 36.8. The largest absolute Gasteiger partial charge is 0.490 e. The van der Waals surface area contributed by atoms with Crippen molar-refractivity contribution in [3.05, 3.63) is 40.0 Å². The van der Waals surface area contributed by atoms with Gasteiger partial charge in [-0.2, -0.15) is 13.2 Å². The number of carboxylic acids is 1. The lowest BCUT2D eigenvalue weighted by molar-refractivity contribution is -0.385.